The summed E-state index contributed by atoms with van der Waals surface area (Å²) in [5.74, 6) is 0.454. The molecule has 0 aliphatic heterocycles. The maximum absolute atomic E-state index is 13.0. The first-order valence-electron chi connectivity index (χ1n) is 9.75. The van der Waals surface area contributed by atoms with Crippen molar-refractivity contribution in [1.82, 2.24) is 9.97 Å². The second-order valence-corrected chi connectivity index (χ2v) is 7.74. The molecule has 0 atom stereocenters. The molecule has 4 aromatic rings. The number of carbonyl (C=O) groups is 1. The van der Waals surface area contributed by atoms with Crippen LogP contribution in [0.15, 0.2) is 53.9 Å². The quantitative estimate of drug-likeness (QED) is 0.382. The number of thiazole rings is 1. The maximum atomic E-state index is 13.0. The molecule has 0 amide bonds. The number of aryl methyl sites for hydroxylation is 1. The molecule has 0 aliphatic rings. The van der Waals surface area contributed by atoms with E-state index in [1.165, 1.54) is 11.3 Å². The van der Waals surface area contributed by atoms with Gasteiger partial charge in [-0.15, -0.1) is 11.3 Å². The van der Waals surface area contributed by atoms with Crippen molar-refractivity contribution in [2.24, 2.45) is 0 Å². The number of aromatic nitrogens is 2. The third-order valence-corrected chi connectivity index (χ3v) is 5.96. The lowest BCUT2D eigenvalue weighted by molar-refractivity contribution is 0.0470. The van der Waals surface area contributed by atoms with Gasteiger partial charge in [0, 0.05) is 22.0 Å². The Hall–Kier alpha value is -3.25. The zero-order valence-corrected chi connectivity index (χ0v) is 18.0. The molecule has 5 nitrogen and oxygen atoms in total. The SMILES string of the molecule is CCc1nc2ccccc2c(C(=O)OCc2csc(-c3ccc(OC)cc3)n2)c1C. The summed E-state index contributed by atoms with van der Waals surface area (Å²) >= 11 is 1.52. The summed E-state index contributed by atoms with van der Waals surface area (Å²) < 4.78 is 10.8. The topological polar surface area (TPSA) is 61.3 Å². The van der Waals surface area contributed by atoms with E-state index >= 15 is 0 Å². The predicted octanol–water partition coefficient (Wildman–Crippen LogP) is 5.59. The highest BCUT2D eigenvalue weighted by Gasteiger charge is 2.19. The van der Waals surface area contributed by atoms with Crippen molar-refractivity contribution < 1.29 is 14.3 Å². The summed E-state index contributed by atoms with van der Waals surface area (Å²) in [6, 6.07) is 15.4. The minimum atomic E-state index is -0.347. The Bertz CT molecular complexity index is 1200. The van der Waals surface area contributed by atoms with Gasteiger partial charge in [0.1, 0.15) is 17.4 Å². The van der Waals surface area contributed by atoms with Crippen LogP contribution in [0.1, 0.15) is 34.2 Å². The predicted molar refractivity (Wildman–Crippen MR) is 119 cm³/mol. The van der Waals surface area contributed by atoms with Crippen molar-refractivity contribution in [1.29, 1.82) is 0 Å². The van der Waals surface area contributed by atoms with E-state index in [4.69, 9.17) is 9.47 Å². The van der Waals surface area contributed by atoms with Gasteiger partial charge in [-0.2, -0.15) is 0 Å². The molecule has 2 heterocycles. The number of carbonyl (C=O) groups excluding carboxylic acids is 1. The van der Waals surface area contributed by atoms with Crippen LogP contribution in [0.2, 0.25) is 0 Å². The first-order valence-corrected chi connectivity index (χ1v) is 10.6. The summed E-state index contributed by atoms with van der Waals surface area (Å²) in [7, 11) is 1.64. The number of methoxy groups -OCH3 is 1. The van der Waals surface area contributed by atoms with E-state index in [0.29, 0.717) is 5.56 Å². The fourth-order valence-corrected chi connectivity index (χ4v) is 4.23. The van der Waals surface area contributed by atoms with Crippen LogP contribution in [0.4, 0.5) is 0 Å². The number of nitrogens with zero attached hydrogens (tertiary/aromatic N) is 2. The van der Waals surface area contributed by atoms with Crippen LogP contribution in [0.25, 0.3) is 21.5 Å². The number of rotatable bonds is 6. The molecule has 2 aromatic carbocycles. The van der Waals surface area contributed by atoms with Crippen molar-refractivity contribution in [3.63, 3.8) is 0 Å². The molecule has 6 heteroatoms. The van der Waals surface area contributed by atoms with Crippen LogP contribution in [0, 0.1) is 6.92 Å². The second-order valence-electron chi connectivity index (χ2n) is 6.88. The van der Waals surface area contributed by atoms with Gasteiger partial charge in [-0.1, -0.05) is 25.1 Å². The van der Waals surface area contributed by atoms with Crippen LogP contribution in [0.3, 0.4) is 0 Å². The number of hydrogen-bond donors (Lipinski definition) is 0. The minimum absolute atomic E-state index is 0.128. The lowest BCUT2D eigenvalue weighted by Crippen LogP contribution is -2.11. The van der Waals surface area contributed by atoms with Gasteiger partial charge in [0.2, 0.25) is 0 Å². The highest BCUT2D eigenvalue weighted by molar-refractivity contribution is 7.13. The van der Waals surface area contributed by atoms with E-state index in [9.17, 15) is 4.79 Å². The van der Waals surface area contributed by atoms with E-state index in [-0.39, 0.29) is 12.6 Å². The van der Waals surface area contributed by atoms with Crippen molar-refractivity contribution in [2.45, 2.75) is 26.9 Å². The minimum Gasteiger partial charge on any atom is -0.497 e. The number of esters is 1. The smallest absolute Gasteiger partial charge is 0.339 e. The van der Waals surface area contributed by atoms with Gasteiger partial charge >= 0.3 is 5.97 Å². The van der Waals surface area contributed by atoms with Crippen LogP contribution >= 0.6 is 11.3 Å². The Morgan fingerprint density at radius 2 is 1.83 bits per heavy atom. The van der Waals surface area contributed by atoms with Crippen molar-refractivity contribution in [2.75, 3.05) is 7.11 Å². The van der Waals surface area contributed by atoms with E-state index in [2.05, 4.69) is 9.97 Å². The van der Waals surface area contributed by atoms with Crippen molar-refractivity contribution >= 4 is 28.2 Å². The van der Waals surface area contributed by atoms with Crippen LogP contribution < -0.4 is 4.74 Å². The number of fused-ring (bicyclic) bond motifs is 1. The van der Waals surface area contributed by atoms with Gasteiger partial charge in [-0.3, -0.25) is 4.98 Å². The van der Waals surface area contributed by atoms with Crippen molar-refractivity contribution in [3.8, 4) is 16.3 Å². The Kier molecular flexibility index (Phi) is 5.77. The number of pyridine rings is 1. The monoisotopic (exact) mass is 418 g/mol. The average molecular weight is 419 g/mol. The molecule has 0 saturated heterocycles. The molecular formula is C24H22N2O3S. The fourth-order valence-electron chi connectivity index (χ4n) is 3.42. The van der Waals surface area contributed by atoms with E-state index in [0.717, 1.165) is 50.6 Å². The Balaban J connectivity index is 1.54. The Morgan fingerprint density at radius 1 is 1.07 bits per heavy atom. The number of para-hydroxylation sites is 1. The maximum Gasteiger partial charge on any atom is 0.339 e. The molecule has 0 unspecified atom stereocenters. The summed E-state index contributed by atoms with van der Waals surface area (Å²) in [6.07, 6.45) is 0.758. The zero-order chi connectivity index (χ0) is 21.1. The number of benzene rings is 2. The molecule has 0 spiro atoms. The van der Waals surface area contributed by atoms with Gasteiger partial charge in [-0.25, -0.2) is 9.78 Å². The van der Waals surface area contributed by atoms with E-state index < -0.39 is 0 Å². The highest BCUT2D eigenvalue weighted by atomic mass is 32.1. The molecule has 30 heavy (non-hydrogen) atoms. The Morgan fingerprint density at radius 3 is 2.57 bits per heavy atom. The number of hydrogen-bond acceptors (Lipinski definition) is 6. The molecular weight excluding hydrogens is 396 g/mol. The molecule has 0 N–H and O–H groups in total. The molecule has 2 aromatic heterocycles. The normalized spacial score (nSPS) is 10.9. The zero-order valence-electron chi connectivity index (χ0n) is 17.1. The van der Waals surface area contributed by atoms with Crippen molar-refractivity contribution in [3.05, 3.63) is 76.4 Å². The third-order valence-electron chi connectivity index (χ3n) is 5.02. The summed E-state index contributed by atoms with van der Waals surface area (Å²) in [4.78, 5) is 22.3. The number of ether oxygens (including phenoxy) is 2. The van der Waals surface area contributed by atoms with Gasteiger partial charge in [0.25, 0.3) is 0 Å². The van der Waals surface area contributed by atoms with Gasteiger partial charge in [0.15, 0.2) is 0 Å². The standard InChI is InChI=1S/C24H22N2O3S/c1-4-20-15(2)22(19-7-5-6-8-21(19)26-20)24(27)29-13-17-14-30-23(25-17)16-9-11-18(28-3)12-10-16/h5-12,14H,4,13H2,1-3H3. The van der Waals surface area contributed by atoms with Crippen LogP contribution in [-0.4, -0.2) is 23.0 Å². The third kappa shape index (κ3) is 3.91. The molecule has 4 rings (SSSR count). The van der Waals surface area contributed by atoms with Gasteiger partial charge in [-0.05, 0) is 49.2 Å². The molecule has 0 fully saturated rings. The average Bonchev–Trinajstić information content (AvgIpc) is 3.26. The summed E-state index contributed by atoms with van der Waals surface area (Å²) in [5, 5.41) is 3.61. The largest absolute Gasteiger partial charge is 0.497 e. The Labute approximate surface area is 179 Å². The first-order chi connectivity index (χ1) is 14.6. The van der Waals surface area contributed by atoms with Gasteiger partial charge < -0.3 is 9.47 Å². The second kappa shape index (κ2) is 8.63. The first kappa shape index (κ1) is 20.0. The molecule has 0 radical (unpaired) electrons. The molecule has 0 saturated carbocycles. The summed E-state index contributed by atoms with van der Waals surface area (Å²) in [6.45, 7) is 4.09. The van der Waals surface area contributed by atoms with Gasteiger partial charge in [0.05, 0.1) is 23.9 Å². The van der Waals surface area contributed by atoms with E-state index in [1.54, 1.807) is 7.11 Å². The fraction of sp³-hybridized carbons (Fsp3) is 0.208. The lowest BCUT2D eigenvalue weighted by Gasteiger charge is -2.13. The van der Waals surface area contributed by atoms with Crippen LogP contribution in [-0.2, 0) is 17.8 Å². The molecule has 0 bridgehead atoms. The molecule has 0 aliphatic carbocycles. The van der Waals surface area contributed by atoms with Crippen LogP contribution in [0.5, 0.6) is 5.75 Å². The highest BCUT2D eigenvalue weighted by Crippen LogP contribution is 2.27. The van der Waals surface area contributed by atoms with E-state index in [1.807, 2.05) is 67.8 Å². The summed E-state index contributed by atoms with van der Waals surface area (Å²) in [5.41, 5.74) is 4.91. The molecule has 152 valence electrons. The lowest BCUT2D eigenvalue weighted by atomic mass is 10.0.